The minimum atomic E-state index is -2.17. The molecule has 0 aromatic carbocycles. The third-order valence-electron chi connectivity index (χ3n) is 0. The predicted octanol–water partition coefficient (Wildman–Crippen LogP) is -4.20. The van der Waals surface area contributed by atoms with Crippen molar-refractivity contribution in [3.05, 3.63) is 0 Å². The van der Waals surface area contributed by atoms with E-state index in [4.69, 9.17) is 15.1 Å². The summed E-state index contributed by atoms with van der Waals surface area (Å²) >= 11 is 0. The molecule has 0 aromatic rings. The van der Waals surface area contributed by atoms with Crippen molar-refractivity contribution in [2.45, 2.75) is 0 Å². The van der Waals surface area contributed by atoms with Crippen molar-refractivity contribution in [2.24, 2.45) is 0 Å². The van der Waals surface area contributed by atoms with Crippen LogP contribution in [0.1, 0.15) is 5.71 Å². The van der Waals surface area contributed by atoms with Crippen LogP contribution in [-0.2, 0) is 0 Å². The third kappa shape index (κ3) is 48.0. The Balaban J connectivity index is -0.00000000450. The van der Waals surface area contributed by atoms with Gasteiger partial charge in [0, 0.05) is 4.28 Å². The van der Waals surface area contributed by atoms with E-state index in [0.29, 0.717) is 0 Å². The van der Waals surface area contributed by atoms with Crippen molar-refractivity contribution >= 4 is 7.32 Å². The second-order valence-corrected chi connectivity index (χ2v) is 0.346. The molecular weight excluding hydrogens is 81.8 g/mol. The summed E-state index contributed by atoms with van der Waals surface area (Å²) in [5, 5.41) is 21.5. The van der Waals surface area contributed by atoms with Crippen molar-refractivity contribution in [2.75, 3.05) is 0 Å². The average molecular weight is 91.9 g/mol. The maximum atomic E-state index is 7.17. The Morgan fingerprint density at radius 3 is 1.40 bits per heavy atom. The van der Waals surface area contributed by atoms with Crippen molar-refractivity contribution in [1.29, 1.82) is 0 Å². The third-order valence-corrected chi connectivity index (χ3v) is 0. The van der Waals surface area contributed by atoms with Gasteiger partial charge in [0.15, 0.2) is 0 Å². The van der Waals surface area contributed by atoms with E-state index in [1.54, 1.807) is 0 Å². The average Bonchev–Trinajstić information content (AvgIpc) is 0.811. The first-order valence-electron chi connectivity index (χ1n) is 0.775. The Morgan fingerprint density at radius 1 is 1.40 bits per heavy atom. The van der Waals surface area contributed by atoms with Crippen molar-refractivity contribution < 1.29 is 50.3 Å². The summed E-state index contributed by atoms with van der Waals surface area (Å²) in [6, 6.07) is 0. The molecule has 5 heavy (non-hydrogen) atoms. The number of rotatable bonds is 0. The molecule has 5 heteroatoms. The van der Waals surface area contributed by atoms with Gasteiger partial charge in [-0.2, -0.15) is 0 Å². The second-order valence-electron chi connectivity index (χ2n) is 0.346. The molecule has 0 heterocycles. The van der Waals surface area contributed by atoms with Crippen molar-refractivity contribution in [3.63, 3.8) is 0 Å². The molecule has 0 fully saturated rings. The summed E-state index contributed by atoms with van der Waals surface area (Å²) in [6.07, 6.45) is 0. The summed E-state index contributed by atoms with van der Waals surface area (Å²) in [6.45, 7) is 0. The van der Waals surface area contributed by atoms with Gasteiger partial charge < -0.3 is 16.5 Å². The molecule has 0 amide bonds. The van der Waals surface area contributed by atoms with Gasteiger partial charge in [-0.3, -0.25) is 0 Å². The van der Waals surface area contributed by atoms with Crippen LogP contribution in [0, 0.1) is 0 Å². The van der Waals surface area contributed by atoms with Crippen LogP contribution in [0.2, 0.25) is 0 Å². The Morgan fingerprint density at radius 2 is 1.40 bits per heavy atom. The van der Waals surface area contributed by atoms with Gasteiger partial charge in [-0.25, -0.2) is 0 Å². The van der Waals surface area contributed by atoms with Crippen LogP contribution in [0.3, 0.4) is 0 Å². The molecule has 0 rings (SSSR count). The summed E-state index contributed by atoms with van der Waals surface area (Å²) in [5.41, 5.74) is 0. The number of hydrogen-bond donors (Lipinski definition) is 3. The van der Waals surface area contributed by atoms with Gasteiger partial charge in [-0.1, -0.05) is 0 Å². The van der Waals surface area contributed by atoms with Crippen LogP contribution in [0.5, 0.6) is 0 Å². The largest absolute Gasteiger partial charge is 1.00 e. The normalized spacial score (nSPS) is 5.40. The van der Waals surface area contributed by atoms with Gasteiger partial charge in [0.2, 0.25) is 0 Å². The van der Waals surface area contributed by atoms with Crippen LogP contribution in [0.4, 0.5) is 0 Å². The minimum Gasteiger partial charge on any atom is -1.00 e. The van der Waals surface area contributed by atoms with Crippen molar-refractivity contribution in [1.82, 2.24) is 0 Å². The monoisotopic (exact) mass is 92.1 g/mol. The van der Waals surface area contributed by atoms with Gasteiger partial charge in [-0.15, -0.1) is 0 Å². The van der Waals surface area contributed by atoms with Gasteiger partial charge in [-0.05, 0) is 0 Å². The topological polar surface area (TPSA) is 60.7 Å². The van der Waals surface area contributed by atoms with Gasteiger partial charge >= 0.3 is 36.9 Å². The molecule has 0 aliphatic rings. The Hall–Kier alpha value is 0.945. The van der Waals surface area contributed by atoms with E-state index in [0.717, 1.165) is 0 Å². The maximum absolute atomic E-state index is 7.17. The van der Waals surface area contributed by atoms with E-state index < -0.39 is 7.32 Å². The molecule has 0 bridgehead atoms. The zero-order valence-corrected chi connectivity index (χ0v) is 4.92. The molecular formula is H10BNaO3. The summed E-state index contributed by atoms with van der Waals surface area (Å²) in [5.74, 6) is 0. The molecule has 0 saturated heterocycles. The Bertz CT molecular complexity index is 20.5. The predicted molar refractivity (Wildman–Crippen MR) is 19.9 cm³/mol. The Labute approximate surface area is 58.0 Å². The van der Waals surface area contributed by atoms with Crippen LogP contribution in [-0.4, -0.2) is 22.4 Å². The zero-order chi connectivity index (χ0) is 3.58. The fraction of sp³-hybridized carbons (Fsp3) is 0. The first kappa shape index (κ1) is 9.34. The minimum absolute atomic E-state index is 0. The zero-order valence-electron chi connectivity index (χ0n) is 3.92. The van der Waals surface area contributed by atoms with Crippen molar-refractivity contribution in [3.8, 4) is 0 Å². The van der Waals surface area contributed by atoms with Crippen LogP contribution >= 0.6 is 0 Å². The van der Waals surface area contributed by atoms with E-state index in [1.165, 1.54) is 0 Å². The van der Waals surface area contributed by atoms with E-state index in [1.807, 2.05) is 0 Å². The number of hydrogen-bond acceptors (Lipinski definition) is 3. The quantitative estimate of drug-likeness (QED) is 0.265. The molecule has 3 nitrogen and oxygen atoms in total. The molecule has 0 aliphatic heterocycles. The molecule has 0 spiro atoms. The van der Waals surface area contributed by atoms with E-state index >= 15 is 0 Å². The van der Waals surface area contributed by atoms with Crippen LogP contribution in [0.25, 0.3) is 0 Å². The first-order valence-corrected chi connectivity index (χ1v) is 0.775. The molecule has 0 saturated carbocycles. The van der Waals surface area contributed by atoms with E-state index in [-0.39, 0.29) is 35.3 Å². The van der Waals surface area contributed by atoms with Crippen LogP contribution < -0.4 is 29.6 Å². The van der Waals surface area contributed by atoms with Gasteiger partial charge in [0.25, 0.3) is 0 Å². The molecule has 0 aromatic heterocycles. The summed E-state index contributed by atoms with van der Waals surface area (Å²) < 4.78 is 0. The summed E-state index contributed by atoms with van der Waals surface area (Å²) in [4.78, 5) is 0. The molecule has 0 aliphatic carbocycles. The molecule has 0 radical (unpaired) electrons. The van der Waals surface area contributed by atoms with Gasteiger partial charge in [0.05, 0.1) is 0 Å². The fourth-order valence-electron chi connectivity index (χ4n) is 0. The first-order chi connectivity index (χ1) is 1.73. The van der Waals surface area contributed by atoms with Gasteiger partial charge in [0.1, 0.15) is 0 Å². The van der Waals surface area contributed by atoms with E-state index in [9.17, 15) is 0 Å². The smallest absolute Gasteiger partial charge is 1.00 e. The standard InChI is InChI=1S/BH3O3.Na.3H2.H/c2-1(3)4;;;;;/h2-4H;;3*1H;/q;+1;;;;-1. The Kier molecular flexibility index (Phi) is 9.24. The SMILES string of the molecule is OB(O)O.[H-].[HH].[HH].[HH].[Na+]. The second kappa shape index (κ2) is 4.94. The molecule has 32 valence electrons. The van der Waals surface area contributed by atoms with E-state index in [2.05, 4.69) is 0 Å². The maximum Gasteiger partial charge on any atom is 1.00 e. The fourth-order valence-corrected chi connectivity index (χ4v) is 0. The summed E-state index contributed by atoms with van der Waals surface area (Å²) in [7, 11) is -2.17. The molecule has 3 N–H and O–H groups in total. The van der Waals surface area contributed by atoms with Crippen LogP contribution in [0.15, 0.2) is 0 Å². The molecule has 0 atom stereocenters. The molecule has 0 unspecified atom stereocenters.